The molecule has 0 radical (unpaired) electrons. The summed E-state index contributed by atoms with van der Waals surface area (Å²) in [4.78, 5) is 14.9. The van der Waals surface area contributed by atoms with Crippen LogP contribution in [-0.2, 0) is 4.79 Å². The molecule has 7 heteroatoms. The van der Waals surface area contributed by atoms with Crippen LogP contribution in [0.4, 0.5) is 0 Å². The van der Waals surface area contributed by atoms with Gasteiger partial charge in [0.1, 0.15) is 10.1 Å². The molecule has 0 spiro atoms. The first kappa shape index (κ1) is 17.9. The van der Waals surface area contributed by atoms with E-state index in [0.717, 1.165) is 28.8 Å². The Morgan fingerprint density at radius 2 is 2.17 bits per heavy atom. The Labute approximate surface area is 160 Å². The second-order valence-corrected chi connectivity index (χ2v) is 8.42. The topological polar surface area (TPSA) is 41.6 Å². The van der Waals surface area contributed by atoms with Gasteiger partial charge in [0.2, 0.25) is 0 Å². The van der Waals surface area contributed by atoms with E-state index in [2.05, 4.69) is 26.1 Å². The van der Waals surface area contributed by atoms with Crippen LogP contribution in [0.15, 0.2) is 27.6 Å². The zero-order valence-electron chi connectivity index (χ0n) is 13.2. The molecule has 1 N–H and O–H groups in total. The first-order chi connectivity index (χ1) is 11.6. The van der Waals surface area contributed by atoms with Gasteiger partial charge < -0.3 is 15.0 Å². The fourth-order valence-corrected chi connectivity index (χ4v) is 4.22. The van der Waals surface area contributed by atoms with E-state index >= 15 is 0 Å². The summed E-state index contributed by atoms with van der Waals surface area (Å²) >= 11 is 9.79. The number of carbonyl (C=O) groups excluding carboxylic acids is 1. The van der Waals surface area contributed by atoms with Crippen molar-refractivity contribution in [3.05, 3.63) is 33.1 Å². The van der Waals surface area contributed by atoms with Gasteiger partial charge in [0.05, 0.1) is 11.5 Å². The third-order valence-electron chi connectivity index (χ3n) is 3.98. The number of likely N-dealkylation sites (tertiary alicyclic amines) is 1. The summed E-state index contributed by atoms with van der Waals surface area (Å²) in [6.45, 7) is 4.18. The average Bonchev–Trinajstić information content (AvgIpc) is 3.16. The number of ether oxygens (including phenoxy) is 1. The highest BCUT2D eigenvalue weighted by Crippen LogP contribution is 2.31. The van der Waals surface area contributed by atoms with Crippen LogP contribution in [0.3, 0.4) is 0 Å². The Kier molecular flexibility index (Phi) is 6.32. The van der Waals surface area contributed by atoms with Gasteiger partial charge in [-0.05, 0) is 56.6 Å². The number of thioether (sulfide) groups is 1. The van der Waals surface area contributed by atoms with E-state index < -0.39 is 0 Å². The van der Waals surface area contributed by atoms with Gasteiger partial charge in [-0.15, -0.1) is 0 Å². The average molecular weight is 427 g/mol. The van der Waals surface area contributed by atoms with Gasteiger partial charge in [-0.3, -0.25) is 4.79 Å². The van der Waals surface area contributed by atoms with E-state index in [1.54, 1.807) is 0 Å². The number of rotatable bonds is 6. The van der Waals surface area contributed by atoms with E-state index in [4.69, 9.17) is 17.0 Å². The molecule has 4 nitrogen and oxygen atoms in total. The molecule has 0 saturated carbocycles. The minimum Gasteiger partial charge on any atom is -0.493 e. The fraction of sp³-hybridized carbons (Fsp3) is 0.412. The number of carbonyl (C=O) groups is 1. The molecule has 2 aliphatic rings. The van der Waals surface area contributed by atoms with Crippen LogP contribution in [0.5, 0.6) is 5.75 Å². The Morgan fingerprint density at radius 1 is 1.38 bits per heavy atom. The minimum absolute atomic E-state index is 0.148. The predicted octanol–water partition coefficient (Wildman–Crippen LogP) is 3.80. The van der Waals surface area contributed by atoms with Crippen molar-refractivity contribution >= 4 is 56.2 Å². The van der Waals surface area contributed by atoms with Gasteiger partial charge in [-0.1, -0.05) is 39.9 Å². The summed E-state index contributed by atoms with van der Waals surface area (Å²) in [6, 6.07) is 5.84. The van der Waals surface area contributed by atoms with Crippen molar-refractivity contribution in [1.29, 1.82) is 0 Å². The summed E-state index contributed by atoms with van der Waals surface area (Å²) in [5.41, 5.74) is 0.882. The maximum atomic E-state index is 11.8. The highest BCUT2D eigenvalue weighted by atomic mass is 79.9. The standard InChI is InChI=1S/C17H19BrN2O2S2/c18-13-4-5-14(22-9-3-8-20-6-1-2-7-20)12(10-13)11-15-16(21)19-17(23)24-15/h4-5,10-11H,1-3,6-9H2,(H,19,21,23)/b15-11-. The van der Waals surface area contributed by atoms with E-state index in [0.29, 0.717) is 15.8 Å². The molecule has 2 saturated heterocycles. The zero-order valence-corrected chi connectivity index (χ0v) is 16.4. The quantitative estimate of drug-likeness (QED) is 0.425. The smallest absolute Gasteiger partial charge is 0.263 e. The largest absolute Gasteiger partial charge is 0.493 e. The molecule has 0 unspecified atom stereocenters. The first-order valence-corrected chi connectivity index (χ1v) is 10.0. The Morgan fingerprint density at radius 3 is 2.88 bits per heavy atom. The molecule has 2 aliphatic heterocycles. The zero-order chi connectivity index (χ0) is 16.9. The predicted molar refractivity (Wildman–Crippen MR) is 106 cm³/mol. The van der Waals surface area contributed by atoms with Crippen molar-refractivity contribution in [2.75, 3.05) is 26.2 Å². The van der Waals surface area contributed by atoms with Gasteiger partial charge in [0, 0.05) is 16.6 Å². The Balaban J connectivity index is 1.63. The van der Waals surface area contributed by atoms with Crippen LogP contribution >= 0.6 is 39.9 Å². The van der Waals surface area contributed by atoms with E-state index in [1.807, 2.05) is 24.3 Å². The molecule has 2 heterocycles. The lowest BCUT2D eigenvalue weighted by atomic mass is 10.2. The molecule has 1 aromatic carbocycles. The number of thiocarbonyl (C=S) groups is 1. The monoisotopic (exact) mass is 426 g/mol. The number of halogens is 1. The van der Waals surface area contributed by atoms with Gasteiger partial charge in [-0.2, -0.15) is 0 Å². The van der Waals surface area contributed by atoms with Gasteiger partial charge in [0.15, 0.2) is 0 Å². The molecule has 24 heavy (non-hydrogen) atoms. The lowest BCUT2D eigenvalue weighted by molar-refractivity contribution is -0.115. The van der Waals surface area contributed by atoms with Crippen molar-refractivity contribution in [3.8, 4) is 5.75 Å². The van der Waals surface area contributed by atoms with Crippen LogP contribution in [0.25, 0.3) is 6.08 Å². The van der Waals surface area contributed by atoms with Gasteiger partial charge in [-0.25, -0.2) is 0 Å². The molecule has 0 atom stereocenters. The van der Waals surface area contributed by atoms with Crippen molar-refractivity contribution in [2.24, 2.45) is 0 Å². The number of nitrogens with one attached hydrogen (secondary N) is 1. The maximum Gasteiger partial charge on any atom is 0.263 e. The molecule has 128 valence electrons. The fourth-order valence-electron chi connectivity index (χ4n) is 2.80. The van der Waals surface area contributed by atoms with Crippen molar-refractivity contribution in [2.45, 2.75) is 19.3 Å². The number of hydrogen-bond acceptors (Lipinski definition) is 5. The molecule has 3 rings (SSSR count). The molecular formula is C17H19BrN2O2S2. The second-order valence-electron chi connectivity index (χ2n) is 5.79. The summed E-state index contributed by atoms with van der Waals surface area (Å²) in [6.07, 6.45) is 5.46. The SMILES string of the molecule is O=C1NC(=S)S/C1=C\c1cc(Br)ccc1OCCCN1CCCC1. The second kappa shape index (κ2) is 8.47. The van der Waals surface area contributed by atoms with Crippen LogP contribution in [0, 0.1) is 0 Å². The number of amides is 1. The Bertz CT molecular complexity index is 673. The molecule has 0 bridgehead atoms. The Hall–Kier alpha value is -0.890. The summed E-state index contributed by atoms with van der Waals surface area (Å²) in [5.74, 6) is 0.642. The lowest BCUT2D eigenvalue weighted by Gasteiger charge is -2.15. The molecule has 1 amide bonds. The molecule has 2 fully saturated rings. The van der Waals surface area contributed by atoms with E-state index in [-0.39, 0.29) is 5.91 Å². The summed E-state index contributed by atoms with van der Waals surface area (Å²) in [7, 11) is 0. The molecule has 0 aliphatic carbocycles. The summed E-state index contributed by atoms with van der Waals surface area (Å²) in [5, 5.41) is 2.63. The highest BCUT2D eigenvalue weighted by molar-refractivity contribution is 9.10. The first-order valence-electron chi connectivity index (χ1n) is 8.01. The van der Waals surface area contributed by atoms with Gasteiger partial charge >= 0.3 is 0 Å². The van der Waals surface area contributed by atoms with Gasteiger partial charge in [0.25, 0.3) is 5.91 Å². The molecule has 0 aromatic heterocycles. The number of benzene rings is 1. The van der Waals surface area contributed by atoms with Crippen LogP contribution < -0.4 is 10.1 Å². The normalized spacial score (nSPS) is 20.0. The van der Waals surface area contributed by atoms with Crippen LogP contribution in [0.1, 0.15) is 24.8 Å². The van der Waals surface area contributed by atoms with Crippen LogP contribution in [0.2, 0.25) is 0 Å². The molecule has 1 aromatic rings. The van der Waals surface area contributed by atoms with E-state index in [9.17, 15) is 4.79 Å². The third-order valence-corrected chi connectivity index (χ3v) is 5.63. The third kappa shape index (κ3) is 4.81. The van der Waals surface area contributed by atoms with Crippen LogP contribution in [-0.4, -0.2) is 41.4 Å². The van der Waals surface area contributed by atoms with Crippen molar-refractivity contribution in [1.82, 2.24) is 10.2 Å². The van der Waals surface area contributed by atoms with Crippen molar-refractivity contribution < 1.29 is 9.53 Å². The number of nitrogens with zero attached hydrogens (tertiary/aromatic N) is 1. The molecular weight excluding hydrogens is 408 g/mol. The summed E-state index contributed by atoms with van der Waals surface area (Å²) < 4.78 is 7.40. The minimum atomic E-state index is -0.148. The van der Waals surface area contributed by atoms with Crippen molar-refractivity contribution in [3.63, 3.8) is 0 Å². The lowest BCUT2D eigenvalue weighted by Crippen LogP contribution is -2.22. The highest BCUT2D eigenvalue weighted by Gasteiger charge is 2.22. The van der Waals surface area contributed by atoms with E-state index in [1.165, 1.54) is 37.7 Å². The number of hydrogen-bond donors (Lipinski definition) is 1. The maximum absolute atomic E-state index is 11.8.